The fourth-order valence-electron chi connectivity index (χ4n) is 7.71. The van der Waals surface area contributed by atoms with Gasteiger partial charge < -0.3 is 10.0 Å². The Morgan fingerprint density at radius 1 is 0.311 bits per heavy atom. The average molecular weight is 919 g/mol. The minimum Gasteiger partial charge on any atom is -0.423 e. The number of hydrogen-bond acceptors (Lipinski definition) is 2. The van der Waals surface area contributed by atoms with Crippen molar-refractivity contribution in [1.29, 1.82) is 0 Å². The molecule has 2 N–H and O–H groups in total. The first-order valence-electron chi connectivity index (χ1n) is 20.3. The maximum absolute atomic E-state index is 9.08. The van der Waals surface area contributed by atoms with Gasteiger partial charge in [-0.3, -0.25) is 0 Å². The molecule has 0 radical (unpaired) electrons. The molecule has 0 heterocycles. The molecule has 296 valence electrons. The number of rotatable bonds is 7. The summed E-state index contributed by atoms with van der Waals surface area (Å²) < 4.78 is 2.25. The molecule has 10 rings (SSSR count). The molecule has 10 aromatic rings. The van der Waals surface area contributed by atoms with Crippen LogP contribution < -0.4 is 5.46 Å². The molecule has 0 saturated heterocycles. The van der Waals surface area contributed by atoms with Crippen LogP contribution >= 0.6 is 31.9 Å². The van der Waals surface area contributed by atoms with Gasteiger partial charge in [-0.05, 0) is 119 Å². The van der Waals surface area contributed by atoms with Gasteiger partial charge in [-0.25, -0.2) is 0 Å². The molecule has 5 heteroatoms. The summed E-state index contributed by atoms with van der Waals surface area (Å²) in [5.74, 6) is 0. The van der Waals surface area contributed by atoms with E-state index in [9.17, 15) is 0 Å². The molecule has 0 aliphatic carbocycles. The zero-order valence-corrected chi connectivity index (χ0v) is 36.7. The molecular weight excluding hydrogens is 875 g/mol. The molecule has 0 unspecified atom stereocenters. The number of benzene rings is 10. The third-order valence-electron chi connectivity index (χ3n) is 10.9. The van der Waals surface area contributed by atoms with Crippen molar-refractivity contribution >= 4 is 76.8 Å². The fraction of sp³-hybridized carbons (Fsp3) is 0.0357. The molecule has 61 heavy (non-hydrogen) atoms. The SMILES string of the molecule is Brc1ccc(Cc2ccc(Br)cc2)cc1.OB(O)c1cccc2ccccc12.c1ccc2c(-c3ccc(Cc4ccc(-c5cccc6ccccc56)cc4)cc3)cccc2c1. The summed E-state index contributed by atoms with van der Waals surface area (Å²) in [5, 5.41) is 25.2. The van der Waals surface area contributed by atoms with Crippen molar-refractivity contribution in [2.24, 2.45) is 0 Å². The Balaban J connectivity index is 0.000000151. The maximum Gasteiger partial charge on any atom is 0.489 e. The molecule has 0 spiro atoms. The van der Waals surface area contributed by atoms with Crippen LogP contribution in [0.15, 0.2) is 233 Å². The number of fused-ring (bicyclic) bond motifs is 3. The Bertz CT molecular complexity index is 2820. The van der Waals surface area contributed by atoms with Crippen LogP contribution in [0.1, 0.15) is 22.3 Å². The highest BCUT2D eigenvalue weighted by Gasteiger charge is 2.13. The Morgan fingerprint density at radius 3 is 1.02 bits per heavy atom. The first-order chi connectivity index (χ1) is 29.9. The van der Waals surface area contributed by atoms with Gasteiger partial charge in [0.1, 0.15) is 0 Å². The van der Waals surface area contributed by atoms with E-state index in [-0.39, 0.29) is 0 Å². The number of hydrogen-bond donors (Lipinski definition) is 2. The van der Waals surface area contributed by atoms with Gasteiger partial charge in [0.25, 0.3) is 0 Å². The summed E-state index contributed by atoms with van der Waals surface area (Å²) in [4.78, 5) is 0. The third-order valence-corrected chi connectivity index (χ3v) is 11.9. The molecule has 0 aliphatic rings. The number of halogens is 2. The van der Waals surface area contributed by atoms with Gasteiger partial charge in [-0.1, -0.05) is 232 Å². The summed E-state index contributed by atoms with van der Waals surface area (Å²) in [6.07, 6.45) is 1.92. The predicted molar refractivity (Wildman–Crippen MR) is 266 cm³/mol. The van der Waals surface area contributed by atoms with E-state index in [2.05, 4.69) is 214 Å². The Hall–Kier alpha value is -6.08. The molecule has 0 saturated carbocycles. The van der Waals surface area contributed by atoms with Crippen molar-refractivity contribution in [3.8, 4) is 22.3 Å². The maximum atomic E-state index is 9.08. The summed E-state index contributed by atoms with van der Waals surface area (Å²) in [6, 6.07) is 78.3. The van der Waals surface area contributed by atoms with E-state index in [4.69, 9.17) is 10.0 Å². The molecule has 0 amide bonds. The standard InChI is InChI=1S/C33H24.C13H10Br2.C10H9BO2/c1-3-11-30-26(7-1)9-5-13-32(30)28-19-15-24(16-20-28)23-25-17-21-29(22-18-25)33-14-6-10-27-8-2-4-12-31(27)33;14-12-5-1-10(2-6-12)9-11-3-7-13(15)8-4-11;12-11(13)10-7-3-5-8-4-1-2-6-9(8)10/h1-22H,23H2;1-8H,9H2;1-7,12-13H. The normalized spacial score (nSPS) is 10.8. The zero-order valence-electron chi connectivity index (χ0n) is 33.5. The summed E-state index contributed by atoms with van der Waals surface area (Å²) in [7, 11) is -1.40. The predicted octanol–water partition coefficient (Wildman–Crippen LogP) is 14.2. The van der Waals surface area contributed by atoms with Gasteiger partial charge in [-0.2, -0.15) is 0 Å². The van der Waals surface area contributed by atoms with Crippen LogP contribution in [-0.4, -0.2) is 17.2 Å². The third kappa shape index (κ3) is 10.6. The van der Waals surface area contributed by atoms with Crippen molar-refractivity contribution in [3.63, 3.8) is 0 Å². The van der Waals surface area contributed by atoms with Crippen molar-refractivity contribution in [3.05, 3.63) is 256 Å². The van der Waals surface area contributed by atoms with Crippen LogP contribution in [-0.2, 0) is 12.8 Å². The van der Waals surface area contributed by atoms with Gasteiger partial charge >= 0.3 is 7.12 Å². The Morgan fingerprint density at radius 2 is 0.623 bits per heavy atom. The molecule has 0 aliphatic heterocycles. The first-order valence-corrected chi connectivity index (χ1v) is 21.9. The van der Waals surface area contributed by atoms with E-state index < -0.39 is 7.12 Å². The van der Waals surface area contributed by atoms with Crippen LogP contribution in [0.25, 0.3) is 54.6 Å². The smallest absolute Gasteiger partial charge is 0.423 e. The van der Waals surface area contributed by atoms with Crippen LogP contribution in [0.3, 0.4) is 0 Å². The lowest BCUT2D eigenvalue weighted by Crippen LogP contribution is -2.30. The molecule has 0 fully saturated rings. The molecule has 10 aromatic carbocycles. The van der Waals surface area contributed by atoms with E-state index in [1.165, 1.54) is 66.1 Å². The van der Waals surface area contributed by atoms with Crippen LogP contribution in [0.5, 0.6) is 0 Å². The zero-order chi connectivity index (χ0) is 42.0. The van der Waals surface area contributed by atoms with Crippen molar-refractivity contribution in [2.75, 3.05) is 0 Å². The largest absolute Gasteiger partial charge is 0.489 e. The Kier molecular flexibility index (Phi) is 13.6. The minimum atomic E-state index is -1.40. The van der Waals surface area contributed by atoms with Crippen LogP contribution in [0.2, 0.25) is 0 Å². The Labute approximate surface area is 375 Å². The highest BCUT2D eigenvalue weighted by atomic mass is 79.9. The van der Waals surface area contributed by atoms with Crippen LogP contribution in [0.4, 0.5) is 0 Å². The lowest BCUT2D eigenvalue weighted by Gasteiger charge is -2.10. The average Bonchev–Trinajstić information content (AvgIpc) is 3.31. The highest BCUT2D eigenvalue weighted by Crippen LogP contribution is 2.31. The molecule has 0 aromatic heterocycles. The second-order valence-electron chi connectivity index (χ2n) is 15.0. The van der Waals surface area contributed by atoms with E-state index in [0.717, 1.165) is 32.6 Å². The van der Waals surface area contributed by atoms with Crippen molar-refractivity contribution < 1.29 is 10.0 Å². The minimum absolute atomic E-state index is 0.554. The van der Waals surface area contributed by atoms with Gasteiger partial charge in [-0.15, -0.1) is 0 Å². The quantitative estimate of drug-likeness (QED) is 0.156. The summed E-state index contributed by atoms with van der Waals surface area (Å²) in [5.41, 5.74) is 11.0. The van der Waals surface area contributed by atoms with Gasteiger partial charge in [0, 0.05) is 8.95 Å². The molecule has 2 nitrogen and oxygen atoms in total. The lowest BCUT2D eigenvalue weighted by atomic mass is 9.77. The van der Waals surface area contributed by atoms with Crippen molar-refractivity contribution in [1.82, 2.24) is 0 Å². The van der Waals surface area contributed by atoms with E-state index in [1.807, 2.05) is 36.4 Å². The fourth-order valence-corrected chi connectivity index (χ4v) is 8.24. The van der Waals surface area contributed by atoms with Crippen LogP contribution in [0, 0.1) is 0 Å². The van der Waals surface area contributed by atoms with E-state index in [1.54, 1.807) is 6.07 Å². The first kappa shape index (κ1) is 41.7. The summed E-state index contributed by atoms with van der Waals surface area (Å²) in [6.45, 7) is 0. The van der Waals surface area contributed by atoms with Gasteiger partial charge in [0.05, 0.1) is 0 Å². The second kappa shape index (κ2) is 20.0. The topological polar surface area (TPSA) is 40.5 Å². The van der Waals surface area contributed by atoms with Crippen molar-refractivity contribution in [2.45, 2.75) is 12.8 Å². The lowest BCUT2D eigenvalue weighted by molar-refractivity contribution is 0.426. The van der Waals surface area contributed by atoms with E-state index in [0.29, 0.717) is 5.46 Å². The van der Waals surface area contributed by atoms with Gasteiger partial charge in [0.2, 0.25) is 0 Å². The molecular formula is C56H43BBr2O2. The van der Waals surface area contributed by atoms with Gasteiger partial charge in [0.15, 0.2) is 0 Å². The second-order valence-corrected chi connectivity index (χ2v) is 16.8. The van der Waals surface area contributed by atoms with E-state index >= 15 is 0 Å². The monoisotopic (exact) mass is 916 g/mol. The summed E-state index contributed by atoms with van der Waals surface area (Å²) >= 11 is 6.87. The highest BCUT2D eigenvalue weighted by molar-refractivity contribution is 9.10. The molecule has 0 atom stereocenters. The molecule has 0 bridgehead atoms.